The van der Waals surface area contributed by atoms with Crippen LogP contribution in [0.2, 0.25) is 0 Å². The van der Waals surface area contributed by atoms with Crippen LogP contribution in [0, 0.1) is 0 Å². The van der Waals surface area contributed by atoms with Crippen LogP contribution in [0.4, 0.5) is 4.79 Å². The molecule has 1 amide bonds. The molecule has 1 aliphatic rings. The number of amides is 1. The number of carbonyl (C=O) groups is 1. The van der Waals surface area contributed by atoms with Gasteiger partial charge in [-0.25, -0.2) is 4.79 Å². The van der Waals surface area contributed by atoms with Crippen LogP contribution in [0.1, 0.15) is 12.5 Å². The maximum Gasteiger partial charge on any atom is 0.407 e. The van der Waals surface area contributed by atoms with E-state index in [1.54, 1.807) is 4.90 Å². The van der Waals surface area contributed by atoms with Crippen molar-refractivity contribution in [3.8, 4) is 0 Å². The first kappa shape index (κ1) is 11.9. The summed E-state index contributed by atoms with van der Waals surface area (Å²) in [5, 5.41) is 12.5. The molecule has 17 heavy (non-hydrogen) atoms. The maximum atomic E-state index is 11.2. The third-order valence-corrected chi connectivity index (χ3v) is 3.33. The quantitative estimate of drug-likeness (QED) is 0.816. The van der Waals surface area contributed by atoms with Crippen LogP contribution in [-0.2, 0) is 6.42 Å². The summed E-state index contributed by atoms with van der Waals surface area (Å²) in [4.78, 5) is 12.7. The van der Waals surface area contributed by atoms with Crippen molar-refractivity contribution in [2.45, 2.75) is 25.4 Å². The SMILES string of the molecule is CC1NCCN(C(=O)O)C1Cc1ccccc1. The van der Waals surface area contributed by atoms with Gasteiger partial charge in [-0.3, -0.25) is 0 Å². The van der Waals surface area contributed by atoms with Gasteiger partial charge in [0.15, 0.2) is 0 Å². The third-order valence-electron chi connectivity index (χ3n) is 3.33. The van der Waals surface area contributed by atoms with Gasteiger partial charge in [-0.2, -0.15) is 0 Å². The highest BCUT2D eigenvalue weighted by atomic mass is 16.4. The fourth-order valence-corrected chi connectivity index (χ4v) is 2.36. The molecular formula is C13H18N2O2. The Bertz CT molecular complexity index is 380. The second-order valence-corrected chi connectivity index (χ2v) is 4.48. The first-order valence-electron chi connectivity index (χ1n) is 5.95. The zero-order chi connectivity index (χ0) is 12.3. The first-order chi connectivity index (χ1) is 8.18. The van der Waals surface area contributed by atoms with Crippen molar-refractivity contribution < 1.29 is 9.90 Å². The molecule has 0 aromatic heterocycles. The van der Waals surface area contributed by atoms with Crippen LogP contribution in [-0.4, -0.2) is 41.3 Å². The van der Waals surface area contributed by atoms with Gasteiger partial charge in [-0.15, -0.1) is 0 Å². The Labute approximate surface area is 101 Å². The minimum absolute atomic E-state index is 0.0173. The lowest BCUT2D eigenvalue weighted by Crippen LogP contribution is -2.59. The highest BCUT2D eigenvalue weighted by molar-refractivity contribution is 5.65. The van der Waals surface area contributed by atoms with E-state index < -0.39 is 6.09 Å². The summed E-state index contributed by atoms with van der Waals surface area (Å²) in [6, 6.07) is 10.2. The summed E-state index contributed by atoms with van der Waals surface area (Å²) in [5.41, 5.74) is 1.18. The van der Waals surface area contributed by atoms with E-state index in [1.807, 2.05) is 37.3 Å². The van der Waals surface area contributed by atoms with Gasteiger partial charge in [0.1, 0.15) is 0 Å². The van der Waals surface area contributed by atoms with Gasteiger partial charge in [0.05, 0.1) is 6.04 Å². The second kappa shape index (κ2) is 5.19. The van der Waals surface area contributed by atoms with Crippen LogP contribution in [0.5, 0.6) is 0 Å². The lowest BCUT2D eigenvalue weighted by atomic mass is 9.97. The predicted molar refractivity (Wildman–Crippen MR) is 66.1 cm³/mol. The van der Waals surface area contributed by atoms with E-state index >= 15 is 0 Å². The van der Waals surface area contributed by atoms with Gasteiger partial charge in [0.2, 0.25) is 0 Å². The molecule has 0 bridgehead atoms. The molecule has 0 aliphatic carbocycles. The maximum absolute atomic E-state index is 11.2. The number of hydrogen-bond acceptors (Lipinski definition) is 2. The molecule has 2 rings (SSSR count). The van der Waals surface area contributed by atoms with Crippen molar-refractivity contribution in [2.24, 2.45) is 0 Å². The summed E-state index contributed by atoms with van der Waals surface area (Å²) in [7, 11) is 0. The van der Waals surface area contributed by atoms with Crippen LogP contribution < -0.4 is 5.32 Å². The minimum atomic E-state index is -0.820. The van der Waals surface area contributed by atoms with Crippen LogP contribution in [0.3, 0.4) is 0 Å². The molecule has 2 unspecified atom stereocenters. The zero-order valence-corrected chi connectivity index (χ0v) is 9.97. The van der Waals surface area contributed by atoms with Gasteiger partial charge < -0.3 is 15.3 Å². The number of nitrogens with zero attached hydrogens (tertiary/aromatic N) is 1. The Morgan fingerprint density at radius 1 is 1.47 bits per heavy atom. The molecule has 4 heteroatoms. The van der Waals surface area contributed by atoms with E-state index in [0.717, 1.165) is 13.0 Å². The Balaban J connectivity index is 2.12. The molecule has 1 fully saturated rings. The topological polar surface area (TPSA) is 52.6 Å². The van der Waals surface area contributed by atoms with Gasteiger partial charge in [0.25, 0.3) is 0 Å². The van der Waals surface area contributed by atoms with Crippen LogP contribution >= 0.6 is 0 Å². The molecule has 0 saturated carbocycles. The number of carboxylic acid groups (broad SMARTS) is 1. The summed E-state index contributed by atoms with van der Waals surface area (Å²) in [6.07, 6.45) is -0.0549. The van der Waals surface area contributed by atoms with Crippen LogP contribution in [0.15, 0.2) is 30.3 Å². The number of rotatable bonds is 2. The average Bonchev–Trinajstić information content (AvgIpc) is 2.33. The average molecular weight is 234 g/mol. The molecule has 1 saturated heterocycles. The zero-order valence-electron chi connectivity index (χ0n) is 9.97. The molecule has 1 aromatic carbocycles. The molecule has 0 radical (unpaired) electrons. The van der Waals surface area contributed by atoms with Crippen molar-refractivity contribution in [3.63, 3.8) is 0 Å². The second-order valence-electron chi connectivity index (χ2n) is 4.48. The van der Waals surface area contributed by atoms with Crippen molar-refractivity contribution in [2.75, 3.05) is 13.1 Å². The van der Waals surface area contributed by atoms with Gasteiger partial charge in [0, 0.05) is 19.1 Å². The first-order valence-corrected chi connectivity index (χ1v) is 5.95. The molecule has 1 aromatic rings. The predicted octanol–water partition coefficient (Wildman–Crippen LogP) is 1.57. The molecule has 0 spiro atoms. The Hall–Kier alpha value is -1.55. The Kier molecular flexibility index (Phi) is 3.64. The van der Waals surface area contributed by atoms with E-state index in [-0.39, 0.29) is 12.1 Å². The highest BCUT2D eigenvalue weighted by Crippen LogP contribution is 2.15. The number of piperazine rings is 1. The largest absolute Gasteiger partial charge is 0.465 e. The van der Waals surface area contributed by atoms with Gasteiger partial charge in [-0.05, 0) is 18.9 Å². The standard InChI is InChI=1S/C13H18N2O2/c1-10-12(9-11-5-3-2-4-6-11)15(13(16)17)8-7-14-10/h2-6,10,12,14H,7-9H2,1H3,(H,16,17). The summed E-state index contributed by atoms with van der Waals surface area (Å²) < 4.78 is 0. The lowest BCUT2D eigenvalue weighted by Gasteiger charge is -2.39. The molecule has 1 heterocycles. The van der Waals surface area contributed by atoms with E-state index in [9.17, 15) is 9.90 Å². The third kappa shape index (κ3) is 2.77. The summed E-state index contributed by atoms with van der Waals surface area (Å²) >= 11 is 0. The smallest absolute Gasteiger partial charge is 0.407 e. The summed E-state index contributed by atoms with van der Waals surface area (Å²) in [5.74, 6) is 0. The Morgan fingerprint density at radius 2 is 2.18 bits per heavy atom. The monoisotopic (exact) mass is 234 g/mol. The van der Waals surface area contributed by atoms with Crippen molar-refractivity contribution >= 4 is 6.09 Å². The van der Waals surface area contributed by atoms with Crippen molar-refractivity contribution in [1.82, 2.24) is 10.2 Å². The van der Waals surface area contributed by atoms with Crippen LogP contribution in [0.25, 0.3) is 0 Å². The Morgan fingerprint density at radius 3 is 2.82 bits per heavy atom. The van der Waals surface area contributed by atoms with E-state index in [1.165, 1.54) is 5.56 Å². The van der Waals surface area contributed by atoms with Crippen molar-refractivity contribution in [3.05, 3.63) is 35.9 Å². The number of hydrogen-bond donors (Lipinski definition) is 2. The molecule has 1 aliphatic heterocycles. The molecule has 2 N–H and O–H groups in total. The fraction of sp³-hybridized carbons (Fsp3) is 0.462. The molecule has 92 valence electrons. The van der Waals surface area contributed by atoms with E-state index in [4.69, 9.17) is 0 Å². The van der Waals surface area contributed by atoms with Gasteiger partial charge in [-0.1, -0.05) is 30.3 Å². The normalized spacial score (nSPS) is 24.6. The fourth-order valence-electron chi connectivity index (χ4n) is 2.36. The van der Waals surface area contributed by atoms with Gasteiger partial charge >= 0.3 is 6.09 Å². The number of nitrogens with one attached hydrogen (secondary N) is 1. The molecule has 4 nitrogen and oxygen atoms in total. The van der Waals surface area contributed by atoms with Crippen molar-refractivity contribution in [1.29, 1.82) is 0 Å². The molecular weight excluding hydrogens is 216 g/mol. The van der Waals surface area contributed by atoms with E-state index in [2.05, 4.69) is 5.32 Å². The number of benzene rings is 1. The molecule has 2 atom stereocenters. The lowest BCUT2D eigenvalue weighted by molar-refractivity contribution is 0.0965. The minimum Gasteiger partial charge on any atom is -0.465 e. The van der Waals surface area contributed by atoms with E-state index in [0.29, 0.717) is 6.54 Å². The summed E-state index contributed by atoms with van der Waals surface area (Å²) in [6.45, 7) is 3.35. The highest BCUT2D eigenvalue weighted by Gasteiger charge is 2.31.